The third-order valence-electron chi connectivity index (χ3n) is 5.71. The maximum atomic E-state index is 13.5. The van der Waals surface area contributed by atoms with Crippen LogP contribution in [-0.2, 0) is 20.7 Å². The standard InChI is InChI=1S/C26H34N2O5S/c1-3-14-32-19-21(29)17-27(12-7-15-31-2)18-26(30)28-13-10-25-23(11-16-34-25)24(28)20-33-22-8-5-4-6-9-22/h1,4-6,8-9,11,16,21,24,29H,7,10,12-15,17-20H2,2H3/t21-,24-/m1/s1. The molecule has 7 nitrogen and oxygen atoms in total. The van der Waals surface area contributed by atoms with Crippen molar-refractivity contribution in [3.63, 3.8) is 0 Å². The number of terminal acetylenes is 1. The molecule has 1 aliphatic heterocycles. The molecule has 2 aromatic rings. The van der Waals surface area contributed by atoms with E-state index in [0.717, 1.165) is 24.2 Å². The number of aliphatic hydroxyl groups is 1. The molecule has 3 rings (SSSR count). The predicted molar refractivity (Wildman–Crippen MR) is 133 cm³/mol. The fourth-order valence-electron chi connectivity index (χ4n) is 4.12. The Morgan fingerprint density at radius 3 is 2.94 bits per heavy atom. The highest BCUT2D eigenvalue weighted by atomic mass is 32.1. The number of hydrogen-bond acceptors (Lipinski definition) is 7. The van der Waals surface area contributed by atoms with Gasteiger partial charge in [0.1, 0.15) is 19.0 Å². The first-order chi connectivity index (χ1) is 16.6. The van der Waals surface area contributed by atoms with E-state index in [-0.39, 0.29) is 31.7 Å². The van der Waals surface area contributed by atoms with Gasteiger partial charge in [-0.05, 0) is 42.0 Å². The summed E-state index contributed by atoms with van der Waals surface area (Å²) in [4.78, 5) is 18.7. The van der Waals surface area contributed by atoms with Crippen molar-refractivity contribution in [1.82, 2.24) is 9.80 Å². The fraction of sp³-hybridized carbons (Fsp3) is 0.500. The van der Waals surface area contributed by atoms with Gasteiger partial charge in [0.05, 0.1) is 25.3 Å². The minimum atomic E-state index is -0.731. The number of thiophene rings is 1. The molecular weight excluding hydrogens is 452 g/mol. The average molecular weight is 487 g/mol. The van der Waals surface area contributed by atoms with Crippen molar-refractivity contribution < 1.29 is 24.1 Å². The van der Waals surface area contributed by atoms with Gasteiger partial charge in [0, 0.05) is 38.2 Å². The fourth-order valence-corrected chi connectivity index (χ4v) is 5.05. The van der Waals surface area contributed by atoms with E-state index in [1.807, 2.05) is 40.1 Å². The van der Waals surface area contributed by atoms with Gasteiger partial charge in [0.2, 0.25) is 5.91 Å². The highest BCUT2D eigenvalue weighted by molar-refractivity contribution is 7.10. The van der Waals surface area contributed by atoms with Crippen LogP contribution in [0.3, 0.4) is 0 Å². The van der Waals surface area contributed by atoms with Crippen LogP contribution in [0.25, 0.3) is 0 Å². The van der Waals surface area contributed by atoms with E-state index in [9.17, 15) is 9.90 Å². The molecule has 34 heavy (non-hydrogen) atoms. The van der Waals surface area contributed by atoms with E-state index < -0.39 is 6.10 Å². The lowest BCUT2D eigenvalue weighted by atomic mass is 10.0. The zero-order valence-corrected chi connectivity index (χ0v) is 20.5. The Balaban J connectivity index is 1.66. The Morgan fingerprint density at radius 1 is 1.35 bits per heavy atom. The van der Waals surface area contributed by atoms with E-state index in [0.29, 0.717) is 32.8 Å². The summed E-state index contributed by atoms with van der Waals surface area (Å²) in [6.07, 6.45) is 6.08. The van der Waals surface area contributed by atoms with Crippen LogP contribution in [0.4, 0.5) is 0 Å². The van der Waals surface area contributed by atoms with Crippen LogP contribution < -0.4 is 4.74 Å². The zero-order valence-electron chi connectivity index (χ0n) is 19.7. The highest BCUT2D eigenvalue weighted by Gasteiger charge is 2.33. The summed E-state index contributed by atoms with van der Waals surface area (Å²) < 4.78 is 16.5. The molecule has 1 aliphatic rings. The molecule has 184 valence electrons. The second-order valence-corrected chi connectivity index (χ2v) is 9.23. The van der Waals surface area contributed by atoms with Crippen LogP contribution in [-0.4, -0.2) is 86.6 Å². The highest BCUT2D eigenvalue weighted by Crippen LogP contribution is 2.34. The number of benzene rings is 1. The number of methoxy groups -OCH3 is 1. The first kappa shape index (κ1) is 26.2. The second kappa shape index (κ2) is 14.1. The van der Waals surface area contributed by atoms with Gasteiger partial charge in [-0.1, -0.05) is 24.1 Å². The normalized spacial score (nSPS) is 16.2. The van der Waals surface area contributed by atoms with Crippen molar-refractivity contribution in [3.05, 3.63) is 52.2 Å². The molecule has 2 heterocycles. The van der Waals surface area contributed by atoms with Gasteiger partial charge in [-0.2, -0.15) is 0 Å². The van der Waals surface area contributed by atoms with Gasteiger partial charge in [-0.15, -0.1) is 17.8 Å². The largest absolute Gasteiger partial charge is 0.491 e. The van der Waals surface area contributed by atoms with E-state index in [1.54, 1.807) is 18.4 Å². The first-order valence-electron chi connectivity index (χ1n) is 11.6. The van der Waals surface area contributed by atoms with Crippen LogP contribution in [0.2, 0.25) is 0 Å². The molecule has 1 amide bonds. The molecule has 0 saturated carbocycles. The molecule has 2 atom stereocenters. The molecular formula is C26H34N2O5S. The number of fused-ring (bicyclic) bond motifs is 1. The van der Waals surface area contributed by atoms with E-state index >= 15 is 0 Å². The van der Waals surface area contributed by atoms with Crippen LogP contribution >= 0.6 is 11.3 Å². The number of aliphatic hydroxyl groups excluding tert-OH is 1. The smallest absolute Gasteiger partial charge is 0.237 e. The third-order valence-corrected chi connectivity index (χ3v) is 6.71. The van der Waals surface area contributed by atoms with Crippen molar-refractivity contribution in [2.24, 2.45) is 0 Å². The van der Waals surface area contributed by atoms with Gasteiger partial charge in [-0.3, -0.25) is 9.69 Å². The number of ether oxygens (including phenoxy) is 3. The summed E-state index contributed by atoms with van der Waals surface area (Å²) in [7, 11) is 1.65. The Morgan fingerprint density at radius 2 is 2.18 bits per heavy atom. The van der Waals surface area contributed by atoms with Crippen molar-refractivity contribution in [3.8, 4) is 18.1 Å². The van der Waals surface area contributed by atoms with Crippen LogP contribution in [0, 0.1) is 12.3 Å². The van der Waals surface area contributed by atoms with Gasteiger partial charge in [-0.25, -0.2) is 0 Å². The lowest BCUT2D eigenvalue weighted by molar-refractivity contribution is -0.136. The molecule has 0 radical (unpaired) electrons. The second-order valence-electron chi connectivity index (χ2n) is 8.23. The number of amides is 1. The Kier molecular flexibility index (Phi) is 10.9. The summed E-state index contributed by atoms with van der Waals surface area (Å²) in [6.45, 7) is 3.08. The third kappa shape index (κ3) is 7.83. The topological polar surface area (TPSA) is 71.5 Å². The number of carbonyl (C=O) groups excluding carboxylic acids is 1. The van der Waals surface area contributed by atoms with Crippen LogP contribution in [0.15, 0.2) is 41.8 Å². The summed E-state index contributed by atoms with van der Waals surface area (Å²) in [5, 5.41) is 12.5. The lowest BCUT2D eigenvalue weighted by Gasteiger charge is -2.37. The minimum Gasteiger partial charge on any atom is -0.491 e. The number of hydrogen-bond donors (Lipinski definition) is 1. The predicted octanol–water partition coefficient (Wildman–Crippen LogP) is 2.60. The van der Waals surface area contributed by atoms with Crippen molar-refractivity contribution in [2.75, 3.05) is 59.7 Å². The maximum Gasteiger partial charge on any atom is 0.237 e. The zero-order chi connectivity index (χ0) is 24.2. The lowest BCUT2D eigenvalue weighted by Crippen LogP contribution is -2.48. The monoisotopic (exact) mass is 486 g/mol. The number of rotatable bonds is 14. The molecule has 0 saturated heterocycles. The molecule has 1 N–H and O–H groups in total. The molecule has 0 unspecified atom stereocenters. The Labute approximate surface area is 206 Å². The molecule has 1 aromatic carbocycles. The number of para-hydroxylation sites is 1. The number of carbonyl (C=O) groups is 1. The molecule has 8 heteroatoms. The van der Waals surface area contributed by atoms with E-state index in [2.05, 4.69) is 17.4 Å². The van der Waals surface area contributed by atoms with Crippen molar-refractivity contribution in [2.45, 2.75) is 25.0 Å². The first-order valence-corrected chi connectivity index (χ1v) is 12.4. The Bertz CT molecular complexity index is 913. The molecule has 1 aromatic heterocycles. The summed E-state index contributed by atoms with van der Waals surface area (Å²) in [5.74, 6) is 3.20. The van der Waals surface area contributed by atoms with Crippen molar-refractivity contribution >= 4 is 17.2 Å². The van der Waals surface area contributed by atoms with Gasteiger partial charge in [0.25, 0.3) is 0 Å². The average Bonchev–Trinajstić information content (AvgIpc) is 3.32. The SMILES string of the molecule is C#CCOC[C@H](O)CN(CCCOC)CC(=O)N1CCc2sccc2[C@H]1COc1ccccc1. The molecule has 0 aliphatic carbocycles. The molecule has 0 spiro atoms. The summed E-state index contributed by atoms with van der Waals surface area (Å²) in [6, 6.07) is 11.6. The van der Waals surface area contributed by atoms with Gasteiger partial charge in [0.15, 0.2) is 0 Å². The summed E-state index contributed by atoms with van der Waals surface area (Å²) >= 11 is 1.73. The molecule has 0 bridgehead atoms. The number of nitrogens with zero attached hydrogens (tertiary/aromatic N) is 2. The van der Waals surface area contributed by atoms with Crippen molar-refractivity contribution in [1.29, 1.82) is 0 Å². The molecule has 0 fully saturated rings. The Hall–Kier alpha value is -2.41. The van der Waals surface area contributed by atoms with E-state index in [1.165, 1.54) is 4.88 Å². The maximum absolute atomic E-state index is 13.5. The van der Waals surface area contributed by atoms with Crippen LogP contribution in [0.1, 0.15) is 22.9 Å². The van der Waals surface area contributed by atoms with Crippen LogP contribution in [0.5, 0.6) is 5.75 Å². The minimum absolute atomic E-state index is 0.0210. The quantitative estimate of drug-likeness (QED) is 0.327. The summed E-state index contributed by atoms with van der Waals surface area (Å²) in [5.41, 5.74) is 1.16. The van der Waals surface area contributed by atoms with E-state index in [4.69, 9.17) is 20.6 Å². The van der Waals surface area contributed by atoms with Gasteiger partial charge < -0.3 is 24.2 Å². The van der Waals surface area contributed by atoms with Gasteiger partial charge >= 0.3 is 0 Å².